The Balaban J connectivity index is 1.19. The van der Waals surface area contributed by atoms with E-state index in [9.17, 15) is 13.6 Å². The number of carbonyl (C=O) groups is 1. The van der Waals surface area contributed by atoms with E-state index in [2.05, 4.69) is 22.3 Å². The number of rotatable bonds is 10. The standard InChI is InChI=1S/C29H31F2N3O3/c30-22-6-13-26(31)28(18-22)37-17-16-36-25-11-9-23(10-12-25)33-15-14-32-19-27(33)29(35)34(24-7-8-24)20-21-4-2-1-3-5-21/h1-6,9-13,18,24,27,32H,7-8,14-17,19-20H2. The predicted octanol–water partition coefficient (Wildman–Crippen LogP) is 4.39. The maximum atomic E-state index is 13.7. The van der Waals surface area contributed by atoms with E-state index in [0.717, 1.165) is 55.4 Å². The van der Waals surface area contributed by atoms with Crippen molar-refractivity contribution in [3.8, 4) is 11.5 Å². The maximum Gasteiger partial charge on any atom is 0.247 e. The highest BCUT2D eigenvalue weighted by Crippen LogP contribution is 2.31. The molecular weight excluding hydrogens is 476 g/mol. The van der Waals surface area contributed by atoms with Gasteiger partial charge in [-0.2, -0.15) is 0 Å². The van der Waals surface area contributed by atoms with Gasteiger partial charge in [0, 0.05) is 44.0 Å². The monoisotopic (exact) mass is 507 g/mol. The van der Waals surface area contributed by atoms with Gasteiger partial charge in [-0.05, 0) is 54.8 Å². The number of amides is 1. The zero-order valence-corrected chi connectivity index (χ0v) is 20.6. The van der Waals surface area contributed by atoms with Gasteiger partial charge in [0.05, 0.1) is 0 Å². The molecule has 1 saturated heterocycles. The molecule has 0 bridgehead atoms. The molecule has 2 fully saturated rings. The first-order chi connectivity index (χ1) is 18.1. The fourth-order valence-electron chi connectivity index (χ4n) is 4.61. The largest absolute Gasteiger partial charge is 0.490 e. The van der Waals surface area contributed by atoms with Crippen molar-refractivity contribution >= 4 is 11.6 Å². The molecule has 3 aromatic rings. The second kappa shape index (κ2) is 11.6. The number of hydrogen-bond donors (Lipinski definition) is 1. The van der Waals surface area contributed by atoms with Crippen LogP contribution in [0.25, 0.3) is 0 Å². The average molecular weight is 508 g/mol. The summed E-state index contributed by atoms with van der Waals surface area (Å²) in [4.78, 5) is 17.9. The number of anilines is 1. The lowest BCUT2D eigenvalue weighted by Gasteiger charge is -2.39. The van der Waals surface area contributed by atoms with E-state index >= 15 is 0 Å². The number of nitrogens with one attached hydrogen (secondary N) is 1. The number of hydrogen-bond acceptors (Lipinski definition) is 5. The van der Waals surface area contributed by atoms with Crippen LogP contribution in [0.4, 0.5) is 14.5 Å². The van der Waals surface area contributed by atoms with E-state index in [0.29, 0.717) is 24.9 Å². The molecule has 1 aliphatic carbocycles. The molecule has 1 atom stereocenters. The van der Waals surface area contributed by atoms with Crippen LogP contribution in [0.3, 0.4) is 0 Å². The predicted molar refractivity (Wildman–Crippen MR) is 138 cm³/mol. The number of benzene rings is 3. The van der Waals surface area contributed by atoms with Gasteiger partial charge in [-0.15, -0.1) is 0 Å². The molecule has 1 unspecified atom stereocenters. The van der Waals surface area contributed by atoms with Crippen LogP contribution in [-0.2, 0) is 11.3 Å². The number of halogens is 2. The summed E-state index contributed by atoms with van der Waals surface area (Å²) in [6.45, 7) is 3.02. The molecule has 6 nitrogen and oxygen atoms in total. The summed E-state index contributed by atoms with van der Waals surface area (Å²) in [5, 5.41) is 3.38. The van der Waals surface area contributed by atoms with Gasteiger partial charge in [0.25, 0.3) is 0 Å². The summed E-state index contributed by atoms with van der Waals surface area (Å²) in [5.74, 6) is -0.525. The van der Waals surface area contributed by atoms with Crippen LogP contribution in [0.1, 0.15) is 18.4 Å². The summed E-state index contributed by atoms with van der Waals surface area (Å²) < 4.78 is 37.9. The highest BCUT2D eigenvalue weighted by atomic mass is 19.1. The van der Waals surface area contributed by atoms with Crippen molar-refractivity contribution < 1.29 is 23.0 Å². The Hall–Kier alpha value is -3.65. The van der Waals surface area contributed by atoms with Crippen molar-refractivity contribution in [3.05, 3.63) is 90.0 Å². The molecule has 5 rings (SSSR count). The number of carbonyl (C=O) groups excluding carboxylic acids is 1. The molecule has 8 heteroatoms. The van der Waals surface area contributed by atoms with E-state index in [4.69, 9.17) is 9.47 Å². The highest BCUT2D eigenvalue weighted by Gasteiger charge is 2.39. The Labute approximate surface area is 215 Å². The average Bonchev–Trinajstić information content (AvgIpc) is 3.78. The molecule has 1 N–H and O–H groups in total. The van der Waals surface area contributed by atoms with E-state index in [1.54, 1.807) is 0 Å². The van der Waals surface area contributed by atoms with Gasteiger partial charge in [-0.25, -0.2) is 8.78 Å². The summed E-state index contributed by atoms with van der Waals surface area (Å²) >= 11 is 0. The van der Waals surface area contributed by atoms with Gasteiger partial charge in [0.15, 0.2) is 11.6 Å². The fourth-order valence-corrected chi connectivity index (χ4v) is 4.61. The van der Waals surface area contributed by atoms with Crippen LogP contribution >= 0.6 is 0 Å². The van der Waals surface area contributed by atoms with Crippen LogP contribution in [0, 0.1) is 11.6 Å². The number of nitrogens with zero attached hydrogens (tertiary/aromatic N) is 2. The van der Waals surface area contributed by atoms with Crippen molar-refractivity contribution in [2.75, 3.05) is 37.7 Å². The van der Waals surface area contributed by atoms with Crippen LogP contribution in [0.5, 0.6) is 11.5 Å². The van der Waals surface area contributed by atoms with Gasteiger partial charge < -0.3 is 24.6 Å². The minimum Gasteiger partial charge on any atom is -0.490 e. The second-order valence-electron chi connectivity index (χ2n) is 9.36. The molecule has 1 saturated carbocycles. The van der Waals surface area contributed by atoms with E-state index in [1.165, 1.54) is 0 Å². The fraction of sp³-hybridized carbons (Fsp3) is 0.345. The second-order valence-corrected chi connectivity index (χ2v) is 9.36. The number of ether oxygens (including phenoxy) is 2. The van der Waals surface area contributed by atoms with E-state index in [-0.39, 0.29) is 30.9 Å². The Morgan fingerprint density at radius 2 is 1.73 bits per heavy atom. The highest BCUT2D eigenvalue weighted by molar-refractivity contribution is 5.86. The normalized spacial score (nSPS) is 17.4. The van der Waals surface area contributed by atoms with Crippen LogP contribution < -0.4 is 19.7 Å². The maximum absolute atomic E-state index is 13.7. The molecule has 0 aromatic heterocycles. The molecule has 37 heavy (non-hydrogen) atoms. The summed E-state index contributed by atoms with van der Waals surface area (Å²) in [7, 11) is 0. The lowest BCUT2D eigenvalue weighted by molar-refractivity contribution is -0.134. The molecule has 0 spiro atoms. The van der Waals surface area contributed by atoms with Crippen molar-refractivity contribution in [3.63, 3.8) is 0 Å². The molecule has 1 heterocycles. The van der Waals surface area contributed by atoms with Gasteiger partial charge in [0.2, 0.25) is 5.91 Å². The van der Waals surface area contributed by atoms with Crippen molar-refractivity contribution in [1.82, 2.24) is 10.2 Å². The smallest absolute Gasteiger partial charge is 0.247 e. The third-order valence-electron chi connectivity index (χ3n) is 6.67. The van der Waals surface area contributed by atoms with Gasteiger partial charge in [-0.3, -0.25) is 4.79 Å². The first kappa shape index (κ1) is 25.0. The molecule has 0 radical (unpaired) electrons. The van der Waals surface area contributed by atoms with Crippen molar-refractivity contribution in [1.29, 1.82) is 0 Å². The van der Waals surface area contributed by atoms with Crippen LogP contribution in [0.15, 0.2) is 72.8 Å². The molecule has 3 aromatic carbocycles. The topological polar surface area (TPSA) is 54.0 Å². The molecular formula is C29H31F2N3O3. The zero-order valence-electron chi connectivity index (χ0n) is 20.6. The number of piperazine rings is 1. The lowest BCUT2D eigenvalue weighted by atomic mass is 10.1. The summed E-state index contributed by atoms with van der Waals surface area (Å²) in [6, 6.07) is 20.9. The van der Waals surface area contributed by atoms with Crippen molar-refractivity contribution in [2.24, 2.45) is 0 Å². The Morgan fingerprint density at radius 3 is 2.49 bits per heavy atom. The minimum atomic E-state index is -0.616. The third kappa shape index (κ3) is 6.38. The first-order valence-electron chi connectivity index (χ1n) is 12.7. The van der Waals surface area contributed by atoms with Gasteiger partial charge in [0.1, 0.15) is 30.8 Å². The summed E-state index contributed by atoms with van der Waals surface area (Å²) in [5.41, 5.74) is 2.10. The Morgan fingerprint density at radius 1 is 0.973 bits per heavy atom. The minimum absolute atomic E-state index is 0.0783. The molecule has 194 valence electrons. The van der Waals surface area contributed by atoms with E-state index in [1.807, 2.05) is 47.4 Å². The zero-order chi connectivity index (χ0) is 25.6. The Kier molecular flexibility index (Phi) is 7.84. The Bertz CT molecular complexity index is 1190. The first-order valence-corrected chi connectivity index (χ1v) is 12.7. The van der Waals surface area contributed by atoms with Crippen molar-refractivity contribution in [2.45, 2.75) is 31.5 Å². The quantitative estimate of drug-likeness (QED) is 0.413. The lowest BCUT2D eigenvalue weighted by Crippen LogP contribution is -2.59. The van der Waals surface area contributed by atoms with Crippen LogP contribution in [0.2, 0.25) is 0 Å². The van der Waals surface area contributed by atoms with Gasteiger partial charge >= 0.3 is 0 Å². The molecule has 1 aliphatic heterocycles. The van der Waals surface area contributed by atoms with Gasteiger partial charge in [-0.1, -0.05) is 30.3 Å². The third-order valence-corrected chi connectivity index (χ3v) is 6.67. The summed E-state index contributed by atoms with van der Waals surface area (Å²) in [6.07, 6.45) is 2.11. The van der Waals surface area contributed by atoms with Crippen LogP contribution in [-0.4, -0.2) is 55.7 Å². The molecule has 1 amide bonds. The molecule has 2 aliphatic rings. The van der Waals surface area contributed by atoms with E-state index < -0.39 is 11.6 Å². The SMILES string of the molecule is O=C(C1CNCCN1c1ccc(OCCOc2cc(F)ccc2F)cc1)N(Cc1ccccc1)C1CC1.